The normalized spacial score (nSPS) is 12.8. The van der Waals surface area contributed by atoms with Gasteiger partial charge in [-0.2, -0.15) is 0 Å². The number of aliphatic carboxylic acids is 1. The Morgan fingerprint density at radius 2 is 0.553 bits per heavy atom. The Balaban J connectivity index is 3.89. The number of quaternary nitrogens is 1. The highest BCUT2D eigenvalue weighted by Gasteiger charge is 2.25. The number of carbonyl (C=O) groups excluding carboxylic acids is 2. The summed E-state index contributed by atoms with van der Waals surface area (Å²) in [4.78, 5) is 37.8. The number of unbranched alkanes of at least 4 members (excludes halogenated alkanes) is 61. The monoisotopic (exact) mass is 1450 g/mol. The van der Waals surface area contributed by atoms with E-state index >= 15 is 0 Å². The molecular weight excluding hydrogens is 1270 g/mol. The zero-order valence-electron chi connectivity index (χ0n) is 69.5. The average Bonchev–Trinajstić information content (AvgIpc) is 0.985. The first-order valence-electron chi connectivity index (χ1n) is 45.5. The van der Waals surface area contributed by atoms with Crippen molar-refractivity contribution in [3.8, 4) is 0 Å². The zero-order chi connectivity index (χ0) is 74.6. The van der Waals surface area contributed by atoms with Gasteiger partial charge >= 0.3 is 17.9 Å². The van der Waals surface area contributed by atoms with Crippen molar-refractivity contribution in [2.24, 2.45) is 0 Å². The molecule has 0 fully saturated rings. The predicted octanol–water partition coefficient (Wildman–Crippen LogP) is 29.7. The zero-order valence-corrected chi connectivity index (χ0v) is 69.5. The van der Waals surface area contributed by atoms with E-state index < -0.39 is 18.4 Å². The Morgan fingerprint density at radius 3 is 0.825 bits per heavy atom. The molecule has 0 spiro atoms. The van der Waals surface area contributed by atoms with Gasteiger partial charge in [-0.1, -0.05) is 453 Å². The van der Waals surface area contributed by atoms with Crippen molar-refractivity contribution < 1.29 is 42.9 Å². The van der Waals surface area contributed by atoms with Crippen molar-refractivity contribution in [2.75, 3.05) is 47.5 Å². The van der Waals surface area contributed by atoms with E-state index in [4.69, 9.17) is 18.9 Å². The van der Waals surface area contributed by atoms with Crippen LogP contribution >= 0.6 is 0 Å². The molecular formula is C94H176NO8+. The lowest BCUT2D eigenvalue weighted by molar-refractivity contribution is -0.870. The molecule has 2 atom stereocenters. The minimum absolute atomic E-state index is 0.175. The van der Waals surface area contributed by atoms with E-state index in [0.29, 0.717) is 17.4 Å². The van der Waals surface area contributed by atoms with E-state index in [2.05, 4.69) is 74.6 Å². The number of carboxylic acid groups (broad SMARTS) is 1. The quantitative estimate of drug-likeness (QED) is 0.0211. The topological polar surface area (TPSA) is 108 Å². The smallest absolute Gasteiger partial charge is 0.361 e. The molecule has 9 nitrogen and oxygen atoms in total. The molecule has 0 bridgehead atoms. The number of ether oxygens (including phenoxy) is 4. The van der Waals surface area contributed by atoms with Crippen LogP contribution in [0.25, 0.3) is 0 Å². The number of nitrogens with zero attached hydrogens (tertiary/aromatic N) is 1. The Labute approximate surface area is 641 Å². The Kier molecular flexibility index (Phi) is 82.1. The number of hydrogen-bond donors (Lipinski definition) is 1. The lowest BCUT2D eigenvalue weighted by atomic mass is 10.0. The highest BCUT2D eigenvalue weighted by molar-refractivity contribution is 5.71. The fourth-order valence-electron chi connectivity index (χ4n) is 13.9. The third-order valence-corrected chi connectivity index (χ3v) is 20.8. The Morgan fingerprint density at radius 1 is 0.301 bits per heavy atom. The van der Waals surface area contributed by atoms with E-state index in [0.717, 1.165) is 70.6 Å². The standard InChI is InChI=1S/C94H175NO8/c1-6-8-10-12-14-16-18-20-22-24-26-28-30-32-34-36-38-40-42-44-46-48-50-52-54-56-58-60-62-64-66-68-70-72-74-76-78-80-82-84-91(96)101-88-90(89-102-94(93(98)99)100-87-86-95(3,4)5)103-92(97)85-83-81-79-77-75-73-71-69-67-65-63-61-59-57-55-53-51-49-47-45-43-41-39-37-35-33-31-29-27-25-23-21-19-17-15-13-11-9-7-2/h9,11,15,17,21,23,27,29,33,35,90,94H,6-8,10,12-14,16,18-20,22,24-26,28,30-32,34,36-89H2,1-5H3/p+1/b11-9-,17-15-,23-21-,29-27-,35-33-. The van der Waals surface area contributed by atoms with Crippen LogP contribution in [0.3, 0.4) is 0 Å². The van der Waals surface area contributed by atoms with Crippen molar-refractivity contribution in [1.82, 2.24) is 0 Å². The van der Waals surface area contributed by atoms with Gasteiger partial charge in [0, 0.05) is 12.8 Å². The number of carbonyl (C=O) groups is 3. The lowest BCUT2D eigenvalue weighted by Gasteiger charge is -2.25. The first kappa shape index (κ1) is 100.0. The van der Waals surface area contributed by atoms with E-state index in [1.54, 1.807) is 0 Å². The summed E-state index contributed by atoms with van der Waals surface area (Å²) in [5.74, 6) is -1.97. The van der Waals surface area contributed by atoms with Gasteiger partial charge in [0.15, 0.2) is 6.10 Å². The van der Waals surface area contributed by atoms with Crippen molar-refractivity contribution in [1.29, 1.82) is 0 Å². The molecule has 0 aliphatic rings. The highest BCUT2D eigenvalue weighted by atomic mass is 16.7. The molecule has 0 saturated carbocycles. The molecule has 2 unspecified atom stereocenters. The van der Waals surface area contributed by atoms with Crippen LogP contribution in [-0.4, -0.2) is 87.4 Å². The van der Waals surface area contributed by atoms with Gasteiger partial charge in [-0.05, 0) is 57.8 Å². The van der Waals surface area contributed by atoms with Gasteiger partial charge in [0.25, 0.3) is 6.29 Å². The number of rotatable bonds is 86. The van der Waals surface area contributed by atoms with Crippen molar-refractivity contribution in [3.05, 3.63) is 60.8 Å². The highest BCUT2D eigenvalue weighted by Crippen LogP contribution is 2.21. The summed E-state index contributed by atoms with van der Waals surface area (Å²) >= 11 is 0. The van der Waals surface area contributed by atoms with Crippen LogP contribution in [0.1, 0.15) is 463 Å². The summed E-state index contributed by atoms with van der Waals surface area (Å²) in [7, 11) is 6.01. The lowest BCUT2D eigenvalue weighted by Crippen LogP contribution is -2.40. The van der Waals surface area contributed by atoms with Gasteiger partial charge < -0.3 is 28.5 Å². The van der Waals surface area contributed by atoms with Crippen LogP contribution in [0.4, 0.5) is 0 Å². The maximum Gasteiger partial charge on any atom is 0.361 e. The SMILES string of the molecule is CC/C=C\C/C=C\C/C=C\C/C=C\C/C=C\CCCCCCCCCCCCCCCCCCCCCCCCCC(=O)OC(COC(=O)CCCCCCCCCCCCCCCCCCCCCCCCCCCCCCCCCCCCCCCCC)COC(OCC[N+](C)(C)C)C(=O)O. The second-order valence-electron chi connectivity index (χ2n) is 32.2. The molecule has 103 heavy (non-hydrogen) atoms. The maximum atomic E-state index is 13.0. The first-order chi connectivity index (χ1) is 50.6. The van der Waals surface area contributed by atoms with Gasteiger partial charge in [-0.3, -0.25) is 9.59 Å². The molecule has 0 aliphatic carbocycles. The molecule has 0 aromatic carbocycles. The van der Waals surface area contributed by atoms with Crippen molar-refractivity contribution >= 4 is 17.9 Å². The van der Waals surface area contributed by atoms with Gasteiger partial charge in [-0.25, -0.2) is 4.79 Å². The molecule has 0 aliphatic heterocycles. The molecule has 0 aromatic rings. The first-order valence-corrected chi connectivity index (χ1v) is 45.5. The molecule has 1 N–H and O–H groups in total. The minimum Gasteiger partial charge on any atom is -0.477 e. The number of likely N-dealkylation sites (N-methyl/N-ethyl adjacent to an activating group) is 1. The molecule has 0 heterocycles. The molecule has 0 rings (SSSR count). The summed E-state index contributed by atoms with van der Waals surface area (Å²) in [5, 5.41) is 9.80. The second kappa shape index (κ2) is 84.6. The van der Waals surface area contributed by atoms with E-state index in [-0.39, 0.29) is 38.2 Å². The molecule has 0 radical (unpaired) electrons. The average molecular weight is 1450 g/mol. The number of allylic oxidation sites excluding steroid dienone is 10. The fraction of sp³-hybridized carbons (Fsp3) is 0.862. The van der Waals surface area contributed by atoms with E-state index in [9.17, 15) is 19.5 Å². The minimum atomic E-state index is -1.51. The van der Waals surface area contributed by atoms with Gasteiger partial charge in [0.05, 0.1) is 34.4 Å². The number of esters is 2. The van der Waals surface area contributed by atoms with Crippen molar-refractivity contribution in [2.45, 2.75) is 476 Å². The maximum absolute atomic E-state index is 13.0. The van der Waals surface area contributed by atoms with Gasteiger partial charge in [-0.15, -0.1) is 0 Å². The number of hydrogen-bond acceptors (Lipinski definition) is 7. The van der Waals surface area contributed by atoms with Crippen LogP contribution in [-0.2, 0) is 33.3 Å². The molecule has 0 aromatic heterocycles. The molecule has 9 heteroatoms. The van der Waals surface area contributed by atoms with Crippen LogP contribution < -0.4 is 0 Å². The van der Waals surface area contributed by atoms with Crippen LogP contribution in [0.2, 0.25) is 0 Å². The van der Waals surface area contributed by atoms with Crippen LogP contribution in [0.5, 0.6) is 0 Å². The molecule has 604 valence electrons. The number of carboxylic acids is 1. The fourth-order valence-corrected chi connectivity index (χ4v) is 13.9. The summed E-state index contributed by atoms with van der Waals surface area (Å²) in [6, 6.07) is 0. The summed E-state index contributed by atoms with van der Waals surface area (Å²) in [6.45, 7) is 4.85. The van der Waals surface area contributed by atoms with E-state index in [1.807, 2.05) is 21.1 Å². The summed E-state index contributed by atoms with van der Waals surface area (Å²) in [6.07, 6.45) is 112. The van der Waals surface area contributed by atoms with Crippen LogP contribution in [0, 0.1) is 0 Å². The second-order valence-corrected chi connectivity index (χ2v) is 32.2. The molecule has 0 saturated heterocycles. The predicted molar refractivity (Wildman–Crippen MR) is 447 cm³/mol. The van der Waals surface area contributed by atoms with E-state index in [1.165, 1.54) is 366 Å². The summed E-state index contributed by atoms with van der Waals surface area (Å²) in [5.41, 5.74) is 0. The Hall–Kier alpha value is -3.01. The third-order valence-electron chi connectivity index (χ3n) is 20.8. The largest absolute Gasteiger partial charge is 0.477 e. The molecule has 0 amide bonds. The van der Waals surface area contributed by atoms with Crippen LogP contribution in [0.15, 0.2) is 60.8 Å². The Bertz CT molecular complexity index is 1880. The van der Waals surface area contributed by atoms with Crippen molar-refractivity contribution in [3.63, 3.8) is 0 Å². The van der Waals surface area contributed by atoms with Gasteiger partial charge in [0.1, 0.15) is 13.2 Å². The summed E-state index contributed by atoms with van der Waals surface area (Å²) < 4.78 is 23.1. The third kappa shape index (κ3) is 86.1. The van der Waals surface area contributed by atoms with Gasteiger partial charge in [0.2, 0.25) is 0 Å².